The van der Waals surface area contributed by atoms with E-state index in [0.717, 1.165) is 17.8 Å². The Morgan fingerprint density at radius 3 is 2.83 bits per heavy atom. The van der Waals surface area contributed by atoms with Crippen LogP contribution in [0.25, 0.3) is 0 Å². The van der Waals surface area contributed by atoms with Gasteiger partial charge < -0.3 is 9.84 Å². The van der Waals surface area contributed by atoms with E-state index in [-0.39, 0.29) is 15.6 Å². The van der Waals surface area contributed by atoms with Gasteiger partial charge in [0.2, 0.25) is 0 Å². The molecule has 1 aromatic rings. The van der Waals surface area contributed by atoms with Crippen molar-refractivity contribution >= 4 is 56.9 Å². The third-order valence-electron chi connectivity index (χ3n) is 2.71. The van der Waals surface area contributed by atoms with Crippen LogP contribution in [0.2, 0.25) is 0 Å². The number of thioether (sulfide) groups is 1. The molecule has 2 rings (SSSR count). The lowest BCUT2D eigenvalue weighted by Crippen LogP contribution is -2.19. The number of nitrogens with zero attached hydrogens (tertiary/aromatic N) is 2. The standard InChI is InChI=1S/C14H10BrN3O5S/c1-23-10(19)5-9-12(20)17-14(24-9)18-16-6-7-3-2-4-8(15)11(7)13(21)22/h2-6H,1H3,(H,21,22)(H,17,18,20)/b9-5+,16-6?. The molecule has 10 heteroatoms. The van der Waals surface area contributed by atoms with E-state index in [9.17, 15) is 19.5 Å². The Labute approximate surface area is 148 Å². The maximum atomic E-state index is 11.6. The van der Waals surface area contributed by atoms with Crippen LogP contribution in [0.15, 0.2) is 43.9 Å². The Hall–Kier alpha value is -2.46. The number of amides is 1. The number of nitrogens with one attached hydrogen (secondary N) is 1. The van der Waals surface area contributed by atoms with Gasteiger partial charge in [-0.15, -0.1) is 5.10 Å². The second-order valence-electron chi connectivity index (χ2n) is 4.25. The molecule has 1 aromatic carbocycles. The zero-order valence-electron chi connectivity index (χ0n) is 12.1. The molecule has 24 heavy (non-hydrogen) atoms. The van der Waals surface area contributed by atoms with Gasteiger partial charge in [-0.2, -0.15) is 5.10 Å². The van der Waals surface area contributed by atoms with Gasteiger partial charge in [-0.3, -0.25) is 10.1 Å². The third kappa shape index (κ3) is 4.30. The molecule has 0 unspecified atom stereocenters. The predicted molar refractivity (Wildman–Crippen MR) is 92.0 cm³/mol. The van der Waals surface area contributed by atoms with E-state index in [0.29, 0.717) is 10.0 Å². The molecule has 0 aromatic heterocycles. The largest absolute Gasteiger partial charge is 0.478 e. The molecule has 0 aliphatic carbocycles. The van der Waals surface area contributed by atoms with Crippen LogP contribution in [0.5, 0.6) is 0 Å². The predicted octanol–water partition coefficient (Wildman–Crippen LogP) is 1.76. The van der Waals surface area contributed by atoms with Gasteiger partial charge in [0, 0.05) is 16.1 Å². The molecule has 2 N–H and O–H groups in total. The average molecular weight is 412 g/mol. The number of esters is 1. The first-order chi connectivity index (χ1) is 11.4. The molecule has 0 bridgehead atoms. The number of benzene rings is 1. The first-order valence-electron chi connectivity index (χ1n) is 6.34. The molecule has 0 atom stereocenters. The summed E-state index contributed by atoms with van der Waals surface area (Å²) in [6.07, 6.45) is 2.30. The molecule has 1 saturated heterocycles. The lowest BCUT2D eigenvalue weighted by atomic mass is 10.1. The molecule has 0 spiro atoms. The summed E-state index contributed by atoms with van der Waals surface area (Å²) in [6.45, 7) is 0. The topological polar surface area (TPSA) is 117 Å². The lowest BCUT2D eigenvalue weighted by Gasteiger charge is -2.02. The highest BCUT2D eigenvalue weighted by Crippen LogP contribution is 2.23. The van der Waals surface area contributed by atoms with Crippen molar-refractivity contribution in [2.75, 3.05) is 7.11 Å². The maximum absolute atomic E-state index is 11.6. The van der Waals surface area contributed by atoms with Crippen molar-refractivity contribution in [3.8, 4) is 0 Å². The van der Waals surface area contributed by atoms with Gasteiger partial charge in [-0.1, -0.05) is 12.1 Å². The number of carboxylic acid groups (broad SMARTS) is 1. The second-order valence-corrected chi connectivity index (χ2v) is 6.13. The highest BCUT2D eigenvalue weighted by atomic mass is 79.9. The van der Waals surface area contributed by atoms with Gasteiger partial charge in [0.1, 0.15) is 0 Å². The van der Waals surface area contributed by atoms with Gasteiger partial charge in [0.25, 0.3) is 5.91 Å². The number of rotatable bonds is 4. The SMILES string of the molecule is COC(=O)/C=C1/S/C(=N\N=Cc2cccc(Br)c2C(=O)O)NC1=O. The Morgan fingerprint density at radius 1 is 1.42 bits per heavy atom. The summed E-state index contributed by atoms with van der Waals surface area (Å²) in [5, 5.41) is 19.4. The summed E-state index contributed by atoms with van der Waals surface area (Å²) in [5.41, 5.74) is 0.400. The van der Waals surface area contributed by atoms with Crippen LogP contribution in [0.4, 0.5) is 0 Å². The van der Waals surface area contributed by atoms with Crippen LogP contribution in [-0.2, 0) is 14.3 Å². The van der Waals surface area contributed by atoms with Gasteiger partial charge in [0.05, 0.1) is 23.8 Å². The number of carbonyl (C=O) groups is 3. The summed E-state index contributed by atoms with van der Waals surface area (Å²) >= 11 is 4.08. The third-order valence-corrected chi connectivity index (χ3v) is 4.27. The molecule has 1 heterocycles. The van der Waals surface area contributed by atoms with E-state index in [4.69, 9.17) is 0 Å². The van der Waals surface area contributed by atoms with Crippen LogP contribution < -0.4 is 5.32 Å². The zero-order chi connectivity index (χ0) is 17.7. The highest BCUT2D eigenvalue weighted by molar-refractivity contribution is 9.10. The molecule has 1 aliphatic heterocycles. The van der Waals surface area contributed by atoms with Crippen molar-refractivity contribution in [3.05, 3.63) is 44.8 Å². The number of halogens is 1. The fourth-order valence-corrected chi connectivity index (χ4v) is 2.95. The van der Waals surface area contributed by atoms with Crippen LogP contribution in [0, 0.1) is 0 Å². The van der Waals surface area contributed by atoms with Gasteiger partial charge in [-0.05, 0) is 33.8 Å². The number of methoxy groups -OCH3 is 1. The van der Waals surface area contributed by atoms with E-state index in [2.05, 4.69) is 36.2 Å². The monoisotopic (exact) mass is 411 g/mol. The Morgan fingerprint density at radius 2 is 2.17 bits per heavy atom. The minimum Gasteiger partial charge on any atom is -0.478 e. The second kappa shape index (κ2) is 7.88. The van der Waals surface area contributed by atoms with Crippen molar-refractivity contribution in [3.63, 3.8) is 0 Å². The van der Waals surface area contributed by atoms with Crippen molar-refractivity contribution in [1.29, 1.82) is 0 Å². The summed E-state index contributed by atoms with van der Waals surface area (Å²) in [4.78, 5) is 34.1. The number of amidine groups is 1. The van der Waals surface area contributed by atoms with Crippen molar-refractivity contribution in [2.24, 2.45) is 10.2 Å². The zero-order valence-corrected chi connectivity index (χ0v) is 14.6. The van der Waals surface area contributed by atoms with Crippen molar-refractivity contribution in [1.82, 2.24) is 5.32 Å². The van der Waals surface area contributed by atoms with E-state index in [1.165, 1.54) is 13.3 Å². The van der Waals surface area contributed by atoms with E-state index < -0.39 is 17.8 Å². The first kappa shape index (κ1) is 17.9. The van der Waals surface area contributed by atoms with Crippen LogP contribution >= 0.6 is 27.7 Å². The summed E-state index contributed by atoms with van der Waals surface area (Å²) in [6, 6.07) is 4.83. The maximum Gasteiger partial charge on any atom is 0.337 e. The number of aromatic carboxylic acids is 1. The van der Waals surface area contributed by atoms with E-state index in [1.807, 2.05) is 0 Å². The van der Waals surface area contributed by atoms with Crippen LogP contribution in [0.1, 0.15) is 15.9 Å². The Kier molecular flexibility index (Phi) is 5.88. The first-order valence-corrected chi connectivity index (χ1v) is 7.95. The van der Waals surface area contributed by atoms with Gasteiger partial charge in [-0.25, -0.2) is 9.59 Å². The van der Waals surface area contributed by atoms with Crippen LogP contribution in [-0.4, -0.2) is 41.4 Å². The number of hydrogen-bond acceptors (Lipinski definition) is 7. The molecule has 1 aliphatic rings. The number of carbonyl (C=O) groups excluding carboxylic acids is 2. The molecular formula is C14H10BrN3O5S. The number of carboxylic acids is 1. The molecule has 0 radical (unpaired) electrons. The van der Waals surface area contributed by atoms with Crippen LogP contribution in [0.3, 0.4) is 0 Å². The molecule has 1 amide bonds. The summed E-state index contributed by atoms with van der Waals surface area (Å²) < 4.78 is 4.86. The average Bonchev–Trinajstić information content (AvgIpc) is 2.86. The van der Waals surface area contributed by atoms with Gasteiger partial charge in [0.15, 0.2) is 5.17 Å². The molecule has 0 saturated carbocycles. The normalized spacial score (nSPS) is 17.5. The number of hydrogen-bond donors (Lipinski definition) is 2. The van der Waals surface area contributed by atoms with Crippen molar-refractivity contribution in [2.45, 2.75) is 0 Å². The molecular weight excluding hydrogens is 402 g/mol. The molecule has 124 valence electrons. The minimum atomic E-state index is -1.11. The Balaban J connectivity index is 2.18. The fraction of sp³-hybridized carbons (Fsp3) is 0.0714. The minimum absolute atomic E-state index is 0.0517. The number of ether oxygens (including phenoxy) is 1. The fourth-order valence-electron chi connectivity index (χ4n) is 1.66. The molecule has 1 fully saturated rings. The van der Waals surface area contributed by atoms with E-state index in [1.54, 1.807) is 18.2 Å². The quantitative estimate of drug-likeness (QED) is 0.337. The van der Waals surface area contributed by atoms with E-state index >= 15 is 0 Å². The Bertz CT molecular complexity index is 804. The molecule has 8 nitrogen and oxygen atoms in total. The summed E-state index contributed by atoms with van der Waals surface area (Å²) in [5.74, 6) is -2.26. The summed E-state index contributed by atoms with van der Waals surface area (Å²) in [7, 11) is 1.20. The smallest absolute Gasteiger partial charge is 0.337 e. The lowest BCUT2D eigenvalue weighted by molar-refractivity contribution is -0.135. The van der Waals surface area contributed by atoms with Gasteiger partial charge >= 0.3 is 11.9 Å². The highest BCUT2D eigenvalue weighted by Gasteiger charge is 2.25. The van der Waals surface area contributed by atoms with Crippen molar-refractivity contribution < 1.29 is 24.2 Å².